The molecule has 2 aliphatic rings. The first-order valence-corrected chi connectivity index (χ1v) is 10.2. The molecule has 0 unspecified atom stereocenters. The smallest absolute Gasteiger partial charge is 0.277 e. The van der Waals surface area contributed by atoms with Gasteiger partial charge in [-0.25, -0.2) is 0 Å². The van der Waals surface area contributed by atoms with Gasteiger partial charge < -0.3 is 15.1 Å². The number of benzene rings is 1. The zero-order chi connectivity index (χ0) is 18.8. The molecule has 0 spiro atoms. The fourth-order valence-electron chi connectivity index (χ4n) is 4.12. The van der Waals surface area contributed by atoms with E-state index >= 15 is 0 Å². The molecule has 1 aromatic heterocycles. The van der Waals surface area contributed by atoms with Gasteiger partial charge in [-0.1, -0.05) is 24.2 Å². The number of amides is 2. The summed E-state index contributed by atoms with van der Waals surface area (Å²) in [6, 6.07) is 7.53. The van der Waals surface area contributed by atoms with E-state index in [0.29, 0.717) is 34.3 Å². The Hall–Kier alpha value is -2.35. The van der Waals surface area contributed by atoms with Crippen molar-refractivity contribution in [2.75, 3.05) is 11.1 Å². The lowest BCUT2D eigenvalue weighted by molar-refractivity contribution is -0.119. The van der Waals surface area contributed by atoms with E-state index in [4.69, 9.17) is 4.42 Å². The molecule has 2 aromatic rings. The summed E-state index contributed by atoms with van der Waals surface area (Å²) >= 11 is 1.24. The molecule has 1 heterocycles. The Labute approximate surface area is 161 Å². The largest absolute Gasteiger partial charge is 0.411 e. The molecule has 2 N–H and O–H groups in total. The van der Waals surface area contributed by atoms with Gasteiger partial charge in [0.25, 0.3) is 5.22 Å². The van der Waals surface area contributed by atoms with Gasteiger partial charge in [0.15, 0.2) is 0 Å². The minimum absolute atomic E-state index is 0.0185. The van der Waals surface area contributed by atoms with E-state index in [0.717, 1.165) is 12.3 Å². The SMILES string of the molecule is CC(=O)Nc1cccc(-c2nnc(SCC(=O)N[C@@H]3C[C@@H]4CC[C@@H]3C4)o2)c1. The Morgan fingerprint density at radius 3 is 2.89 bits per heavy atom. The average Bonchev–Trinajstić information content (AvgIpc) is 3.36. The maximum absolute atomic E-state index is 12.2. The normalized spacial score (nSPS) is 23.4. The number of anilines is 1. The third-order valence-corrected chi connectivity index (χ3v) is 6.07. The average molecular weight is 386 g/mol. The monoisotopic (exact) mass is 386 g/mol. The van der Waals surface area contributed by atoms with E-state index in [-0.39, 0.29) is 17.6 Å². The molecule has 142 valence electrons. The van der Waals surface area contributed by atoms with Crippen LogP contribution in [0.5, 0.6) is 0 Å². The first-order chi connectivity index (χ1) is 13.1. The lowest BCUT2D eigenvalue weighted by atomic mass is 9.95. The molecule has 2 bridgehead atoms. The van der Waals surface area contributed by atoms with Crippen LogP contribution in [0.15, 0.2) is 33.9 Å². The van der Waals surface area contributed by atoms with Crippen molar-refractivity contribution in [1.29, 1.82) is 0 Å². The molecular formula is C19H22N4O3S. The molecule has 7 nitrogen and oxygen atoms in total. The van der Waals surface area contributed by atoms with E-state index < -0.39 is 0 Å². The summed E-state index contributed by atoms with van der Waals surface area (Å²) in [5.41, 5.74) is 1.38. The summed E-state index contributed by atoms with van der Waals surface area (Å²) < 4.78 is 5.65. The van der Waals surface area contributed by atoms with E-state index in [1.165, 1.54) is 37.9 Å². The van der Waals surface area contributed by atoms with Crippen LogP contribution in [0.3, 0.4) is 0 Å². The lowest BCUT2D eigenvalue weighted by Gasteiger charge is -2.22. The first-order valence-electron chi connectivity index (χ1n) is 9.20. The highest BCUT2D eigenvalue weighted by Crippen LogP contribution is 2.44. The quantitative estimate of drug-likeness (QED) is 0.741. The molecule has 2 saturated carbocycles. The van der Waals surface area contributed by atoms with Crippen LogP contribution in [-0.4, -0.2) is 33.8 Å². The Morgan fingerprint density at radius 1 is 1.26 bits per heavy atom. The molecular weight excluding hydrogens is 364 g/mol. The van der Waals surface area contributed by atoms with Crippen molar-refractivity contribution in [3.05, 3.63) is 24.3 Å². The molecule has 2 fully saturated rings. The van der Waals surface area contributed by atoms with Gasteiger partial charge in [-0.05, 0) is 49.3 Å². The highest BCUT2D eigenvalue weighted by molar-refractivity contribution is 7.99. The number of hydrogen-bond donors (Lipinski definition) is 2. The fourth-order valence-corrected chi connectivity index (χ4v) is 4.69. The van der Waals surface area contributed by atoms with Crippen molar-refractivity contribution in [1.82, 2.24) is 15.5 Å². The second-order valence-electron chi connectivity index (χ2n) is 7.27. The number of nitrogens with one attached hydrogen (secondary N) is 2. The van der Waals surface area contributed by atoms with Gasteiger partial charge in [-0.15, -0.1) is 10.2 Å². The Kier molecular flexibility index (Phi) is 5.15. The molecule has 0 radical (unpaired) electrons. The Bertz CT molecular complexity index is 853. The minimum atomic E-state index is -0.143. The van der Waals surface area contributed by atoms with E-state index in [1.807, 2.05) is 6.07 Å². The van der Waals surface area contributed by atoms with Crippen molar-refractivity contribution in [2.24, 2.45) is 11.8 Å². The van der Waals surface area contributed by atoms with Gasteiger partial charge in [-0.2, -0.15) is 0 Å². The third kappa shape index (κ3) is 4.32. The number of fused-ring (bicyclic) bond motifs is 2. The number of rotatable bonds is 6. The van der Waals surface area contributed by atoms with E-state index in [1.54, 1.807) is 18.2 Å². The zero-order valence-corrected chi connectivity index (χ0v) is 15.9. The standard InChI is InChI=1S/C19H22N4O3S/c1-11(24)20-15-4-2-3-14(9-15)18-22-23-19(26-18)27-10-17(25)21-16-8-12-5-6-13(16)7-12/h2-4,9,12-13,16H,5-8,10H2,1H3,(H,20,24)(H,21,25)/t12-,13-,16-/m1/s1. The van der Waals surface area contributed by atoms with E-state index in [2.05, 4.69) is 20.8 Å². The summed E-state index contributed by atoms with van der Waals surface area (Å²) in [4.78, 5) is 23.4. The Morgan fingerprint density at radius 2 is 2.15 bits per heavy atom. The Balaban J connectivity index is 1.31. The molecule has 3 atom stereocenters. The maximum Gasteiger partial charge on any atom is 0.277 e. The van der Waals surface area contributed by atoms with Gasteiger partial charge in [0.1, 0.15) is 0 Å². The zero-order valence-electron chi connectivity index (χ0n) is 15.1. The topological polar surface area (TPSA) is 97.1 Å². The van der Waals surface area contributed by atoms with Crippen LogP contribution in [0.1, 0.15) is 32.6 Å². The van der Waals surface area contributed by atoms with Crippen LogP contribution in [0, 0.1) is 11.8 Å². The number of aromatic nitrogens is 2. The van der Waals surface area contributed by atoms with Crippen LogP contribution in [-0.2, 0) is 9.59 Å². The van der Waals surface area contributed by atoms with Gasteiger partial charge >= 0.3 is 0 Å². The number of hydrogen-bond acceptors (Lipinski definition) is 6. The number of carbonyl (C=O) groups excluding carboxylic acids is 2. The minimum Gasteiger partial charge on any atom is -0.411 e. The highest BCUT2D eigenvalue weighted by Gasteiger charge is 2.40. The second-order valence-corrected chi connectivity index (χ2v) is 8.20. The van der Waals surface area contributed by atoms with E-state index in [9.17, 15) is 9.59 Å². The van der Waals surface area contributed by atoms with Crippen molar-refractivity contribution in [2.45, 2.75) is 43.9 Å². The molecule has 27 heavy (non-hydrogen) atoms. The maximum atomic E-state index is 12.2. The summed E-state index contributed by atoms with van der Waals surface area (Å²) in [5, 5.41) is 14.3. The first kappa shape index (κ1) is 18.0. The summed E-state index contributed by atoms with van der Waals surface area (Å²) in [6.07, 6.45) is 4.95. The van der Waals surface area contributed by atoms with Crippen molar-refractivity contribution >= 4 is 29.3 Å². The fraction of sp³-hybridized carbons (Fsp3) is 0.474. The van der Waals surface area contributed by atoms with Crippen molar-refractivity contribution < 1.29 is 14.0 Å². The van der Waals surface area contributed by atoms with Crippen LogP contribution < -0.4 is 10.6 Å². The van der Waals surface area contributed by atoms with Gasteiger partial charge in [-0.3, -0.25) is 9.59 Å². The summed E-state index contributed by atoms with van der Waals surface area (Å²) in [5.74, 6) is 1.97. The third-order valence-electron chi connectivity index (χ3n) is 5.25. The molecule has 0 saturated heterocycles. The van der Waals surface area contributed by atoms with Crippen molar-refractivity contribution in [3.63, 3.8) is 0 Å². The molecule has 1 aromatic carbocycles. The molecule has 2 aliphatic carbocycles. The highest BCUT2D eigenvalue weighted by atomic mass is 32.2. The van der Waals surface area contributed by atoms with Gasteiger partial charge in [0, 0.05) is 24.2 Å². The molecule has 2 amide bonds. The van der Waals surface area contributed by atoms with Crippen LogP contribution in [0.25, 0.3) is 11.5 Å². The van der Waals surface area contributed by atoms with Gasteiger partial charge in [0.05, 0.1) is 5.75 Å². The lowest BCUT2D eigenvalue weighted by Crippen LogP contribution is -2.39. The van der Waals surface area contributed by atoms with Crippen molar-refractivity contribution in [3.8, 4) is 11.5 Å². The summed E-state index contributed by atoms with van der Waals surface area (Å²) in [7, 11) is 0. The summed E-state index contributed by atoms with van der Waals surface area (Å²) in [6.45, 7) is 1.45. The molecule has 8 heteroatoms. The predicted octanol–water partition coefficient (Wildman–Crippen LogP) is 3.09. The number of thioether (sulfide) groups is 1. The number of nitrogens with zero attached hydrogens (tertiary/aromatic N) is 2. The van der Waals surface area contributed by atoms with Crippen LogP contribution >= 0.6 is 11.8 Å². The van der Waals surface area contributed by atoms with Crippen LogP contribution in [0.2, 0.25) is 0 Å². The van der Waals surface area contributed by atoms with Crippen LogP contribution in [0.4, 0.5) is 5.69 Å². The molecule has 0 aliphatic heterocycles. The molecule has 4 rings (SSSR count). The second kappa shape index (κ2) is 7.72. The number of carbonyl (C=O) groups is 2. The predicted molar refractivity (Wildman–Crippen MR) is 102 cm³/mol. The van der Waals surface area contributed by atoms with Gasteiger partial charge in [0.2, 0.25) is 17.7 Å².